The third-order valence-electron chi connectivity index (χ3n) is 2.80. The van der Waals surface area contributed by atoms with Crippen molar-refractivity contribution in [2.24, 2.45) is 0 Å². The second-order valence-electron chi connectivity index (χ2n) is 4.30. The standard InChI is InChI=1S/C15H17BrN2O2/c1-17-8-12-3-4-14(19-2)6-15(12)20-10-11-5-13(16)9-18-7-11/h3-7,9,17H,8,10H2,1-2H3. The van der Waals surface area contributed by atoms with Gasteiger partial charge in [-0.3, -0.25) is 4.98 Å². The van der Waals surface area contributed by atoms with Gasteiger partial charge in [-0.15, -0.1) is 0 Å². The maximum absolute atomic E-state index is 5.89. The van der Waals surface area contributed by atoms with Crippen molar-refractivity contribution in [3.8, 4) is 11.5 Å². The highest BCUT2D eigenvalue weighted by Crippen LogP contribution is 2.25. The summed E-state index contributed by atoms with van der Waals surface area (Å²) in [7, 11) is 3.56. The summed E-state index contributed by atoms with van der Waals surface area (Å²) in [5.74, 6) is 1.60. The zero-order valence-corrected chi connectivity index (χ0v) is 13.1. The van der Waals surface area contributed by atoms with Crippen LogP contribution in [0.15, 0.2) is 41.1 Å². The molecule has 0 saturated heterocycles. The smallest absolute Gasteiger partial charge is 0.127 e. The molecule has 1 aromatic heterocycles. The van der Waals surface area contributed by atoms with E-state index in [2.05, 4.69) is 26.2 Å². The lowest BCUT2D eigenvalue weighted by atomic mass is 10.2. The van der Waals surface area contributed by atoms with Crippen molar-refractivity contribution in [3.63, 3.8) is 0 Å². The zero-order chi connectivity index (χ0) is 14.4. The van der Waals surface area contributed by atoms with Crippen molar-refractivity contribution in [2.75, 3.05) is 14.2 Å². The van der Waals surface area contributed by atoms with E-state index in [1.165, 1.54) is 0 Å². The number of rotatable bonds is 6. The van der Waals surface area contributed by atoms with E-state index in [4.69, 9.17) is 9.47 Å². The van der Waals surface area contributed by atoms with Gasteiger partial charge in [-0.2, -0.15) is 0 Å². The van der Waals surface area contributed by atoms with E-state index in [0.717, 1.165) is 33.6 Å². The van der Waals surface area contributed by atoms with Crippen molar-refractivity contribution in [1.29, 1.82) is 0 Å². The van der Waals surface area contributed by atoms with Crippen LogP contribution in [-0.2, 0) is 13.2 Å². The largest absolute Gasteiger partial charge is 0.497 e. The molecule has 0 saturated carbocycles. The molecule has 5 heteroatoms. The molecule has 0 aliphatic heterocycles. The maximum atomic E-state index is 5.89. The molecule has 0 atom stereocenters. The van der Waals surface area contributed by atoms with Crippen molar-refractivity contribution in [3.05, 3.63) is 52.3 Å². The molecule has 2 rings (SSSR count). The van der Waals surface area contributed by atoms with Gasteiger partial charge >= 0.3 is 0 Å². The van der Waals surface area contributed by atoms with Gasteiger partial charge in [0.1, 0.15) is 18.1 Å². The number of hydrogen-bond acceptors (Lipinski definition) is 4. The van der Waals surface area contributed by atoms with Crippen LogP contribution in [0.25, 0.3) is 0 Å². The Kier molecular flexibility index (Phi) is 5.38. The Hall–Kier alpha value is -1.59. The number of methoxy groups -OCH3 is 1. The lowest BCUT2D eigenvalue weighted by Crippen LogP contribution is -2.08. The fourth-order valence-electron chi connectivity index (χ4n) is 1.83. The van der Waals surface area contributed by atoms with Crippen molar-refractivity contribution >= 4 is 15.9 Å². The number of hydrogen-bond donors (Lipinski definition) is 1. The summed E-state index contributed by atoms with van der Waals surface area (Å²) in [6, 6.07) is 7.83. The van der Waals surface area contributed by atoms with Crippen LogP contribution in [0.2, 0.25) is 0 Å². The van der Waals surface area contributed by atoms with E-state index in [-0.39, 0.29) is 0 Å². The predicted molar refractivity (Wildman–Crippen MR) is 82.0 cm³/mol. The van der Waals surface area contributed by atoms with E-state index < -0.39 is 0 Å². The fraction of sp³-hybridized carbons (Fsp3) is 0.267. The Morgan fingerprint density at radius 1 is 1.25 bits per heavy atom. The van der Waals surface area contributed by atoms with E-state index in [9.17, 15) is 0 Å². The zero-order valence-electron chi connectivity index (χ0n) is 11.5. The van der Waals surface area contributed by atoms with E-state index in [0.29, 0.717) is 6.61 Å². The van der Waals surface area contributed by atoms with Gasteiger partial charge in [-0.25, -0.2) is 0 Å². The molecule has 4 nitrogen and oxygen atoms in total. The average molecular weight is 337 g/mol. The molecular formula is C15H17BrN2O2. The van der Waals surface area contributed by atoms with Gasteiger partial charge in [0, 0.05) is 40.6 Å². The Bertz CT molecular complexity index is 576. The van der Waals surface area contributed by atoms with Gasteiger partial charge in [-0.05, 0) is 35.1 Å². The quantitative estimate of drug-likeness (QED) is 0.879. The number of aromatic nitrogens is 1. The Morgan fingerprint density at radius 3 is 2.80 bits per heavy atom. The molecule has 0 fully saturated rings. The molecule has 0 unspecified atom stereocenters. The molecule has 0 bridgehead atoms. The first-order valence-corrected chi connectivity index (χ1v) is 7.06. The molecule has 1 heterocycles. The molecular weight excluding hydrogens is 320 g/mol. The molecule has 0 amide bonds. The lowest BCUT2D eigenvalue weighted by molar-refractivity contribution is 0.299. The summed E-state index contributed by atoms with van der Waals surface area (Å²) < 4.78 is 12.1. The van der Waals surface area contributed by atoms with Crippen LogP contribution >= 0.6 is 15.9 Å². The van der Waals surface area contributed by atoms with Crippen molar-refractivity contribution < 1.29 is 9.47 Å². The number of nitrogens with one attached hydrogen (secondary N) is 1. The molecule has 1 N–H and O–H groups in total. The average Bonchev–Trinajstić information content (AvgIpc) is 2.46. The molecule has 0 spiro atoms. The Balaban J connectivity index is 2.14. The molecule has 1 aromatic carbocycles. The number of benzene rings is 1. The minimum atomic E-state index is 0.469. The normalized spacial score (nSPS) is 10.3. The summed E-state index contributed by atoms with van der Waals surface area (Å²) in [4.78, 5) is 4.13. The van der Waals surface area contributed by atoms with E-state index in [1.54, 1.807) is 19.5 Å². The van der Waals surface area contributed by atoms with E-state index >= 15 is 0 Å². The van der Waals surface area contributed by atoms with Gasteiger partial charge in [0.2, 0.25) is 0 Å². The first kappa shape index (κ1) is 14.8. The third-order valence-corrected chi connectivity index (χ3v) is 3.23. The number of halogens is 1. The van der Waals surface area contributed by atoms with Crippen molar-refractivity contribution in [1.82, 2.24) is 10.3 Å². The molecule has 0 aliphatic carbocycles. The second-order valence-corrected chi connectivity index (χ2v) is 5.22. The summed E-state index contributed by atoms with van der Waals surface area (Å²) >= 11 is 3.40. The van der Waals surface area contributed by atoms with Gasteiger partial charge in [0.15, 0.2) is 0 Å². The molecule has 20 heavy (non-hydrogen) atoms. The number of nitrogens with zero attached hydrogens (tertiary/aromatic N) is 1. The van der Waals surface area contributed by atoms with Crippen LogP contribution in [0.3, 0.4) is 0 Å². The first-order valence-electron chi connectivity index (χ1n) is 6.26. The van der Waals surface area contributed by atoms with E-state index in [1.807, 2.05) is 31.3 Å². The third kappa shape index (κ3) is 3.95. The van der Waals surface area contributed by atoms with Gasteiger partial charge < -0.3 is 14.8 Å². The van der Waals surface area contributed by atoms with Gasteiger partial charge in [0.25, 0.3) is 0 Å². The fourth-order valence-corrected chi connectivity index (χ4v) is 2.24. The number of pyridine rings is 1. The summed E-state index contributed by atoms with van der Waals surface area (Å²) in [5.41, 5.74) is 2.11. The topological polar surface area (TPSA) is 43.4 Å². The molecule has 106 valence electrons. The Morgan fingerprint density at radius 2 is 2.10 bits per heavy atom. The minimum absolute atomic E-state index is 0.469. The highest BCUT2D eigenvalue weighted by molar-refractivity contribution is 9.10. The van der Waals surface area contributed by atoms with Crippen LogP contribution in [0.4, 0.5) is 0 Å². The van der Waals surface area contributed by atoms with Crippen LogP contribution in [0.1, 0.15) is 11.1 Å². The monoisotopic (exact) mass is 336 g/mol. The van der Waals surface area contributed by atoms with Crippen LogP contribution in [0, 0.1) is 0 Å². The highest BCUT2D eigenvalue weighted by Gasteiger charge is 2.06. The first-order chi connectivity index (χ1) is 9.72. The SMILES string of the molecule is CNCc1ccc(OC)cc1OCc1cncc(Br)c1. The summed E-state index contributed by atoms with van der Waals surface area (Å²) in [5, 5.41) is 3.13. The minimum Gasteiger partial charge on any atom is -0.497 e. The lowest BCUT2D eigenvalue weighted by Gasteiger charge is -2.13. The van der Waals surface area contributed by atoms with Crippen LogP contribution < -0.4 is 14.8 Å². The summed E-state index contributed by atoms with van der Waals surface area (Å²) in [6.07, 6.45) is 3.55. The van der Waals surface area contributed by atoms with Crippen molar-refractivity contribution in [2.45, 2.75) is 13.2 Å². The van der Waals surface area contributed by atoms with Crippen LogP contribution in [-0.4, -0.2) is 19.1 Å². The van der Waals surface area contributed by atoms with Crippen LogP contribution in [0.5, 0.6) is 11.5 Å². The summed E-state index contributed by atoms with van der Waals surface area (Å²) in [6.45, 7) is 1.21. The van der Waals surface area contributed by atoms with Gasteiger partial charge in [-0.1, -0.05) is 6.07 Å². The second kappa shape index (κ2) is 7.26. The number of ether oxygens (including phenoxy) is 2. The predicted octanol–water partition coefficient (Wildman–Crippen LogP) is 3.15. The highest BCUT2D eigenvalue weighted by atomic mass is 79.9. The maximum Gasteiger partial charge on any atom is 0.127 e. The van der Waals surface area contributed by atoms with Gasteiger partial charge in [0.05, 0.1) is 7.11 Å². The molecule has 0 radical (unpaired) electrons. The molecule has 0 aliphatic rings. The molecule has 2 aromatic rings. The Labute approximate surface area is 127 Å².